The number of para-hydroxylation sites is 1. The van der Waals surface area contributed by atoms with Gasteiger partial charge in [-0.2, -0.15) is 0 Å². The van der Waals surface area contributed by atoms with Crippen molar-refractivity contribution in [1.29, 1.82) is 0 Å². The summed E-state index contributed by atoms with van der Waals surface area (Å²) in [5, 5.41) is 2.94. The van der Waals surface area contributed by atoms with E-state index in [1.807, 2.05) is 39.0 Å². The molecule has 1 amide bonds. The van der Waals surface area contributed by atoms with Crippen molar-refractivity contribution in [1.82, 2.24) is 5.32 Å². The molecule has 1 atom stereocenters. The van der Waals surface area contributed by atoms with Crippen molar-refractivity contribution in [3.63, 3.8) is 0 Å². The van der Waals surface area contributed by atoms with Gasteiger partial charge in [-0.3, -0.25) is 9.10 Å². The Hall–Kier alpha value is -3.59. The van der Waals surface area contributed by atoms with Crippen molar-refractivity contribution in [2.24, 2.45) is 0 Å². The molecule has 190 valence electrons. The van der Waals surface area contributed by atoms with E-state index < -0.39 is 39.9 Å². The van der Waals surface area contributed by atoms with Gasteiger partial charge in [-0.25, -0.2) is 12.8 Å². The number of rotatable bonds is 7. The van der Waals surface area contributed by atoms with Crippen LogP contribution in [0.1, 0.15) is 37.4 Å². The Morgan fingerprint density at radius 3 is 2.50 bits per heavy atom. The van der Waals surface area contributed by atoms with Gasteiger partial charge in [0.2, 0.25) is 5.91 Å². The average Bonchev–Trinajstić information content (AvgIpc) is 2.82. The molecule has 1 heterocycles. The van der Waals surface area contributed by atoms with Crippen molar-refractivity contribution in [3.8, 4) is 11.5 Å². The number of benzene rings is 3. The van der Waals surface area contributed by atoms with Crippen LogP contribution in [0.3, 0.4) is 0 Å². The highest BCUT2D eigenvalue weighted by atomic mass is 32.2. The minimum atomic E-state index is -4.27. The minimum Gasteiger partial charge on any atom is -0.497 e. The van der Waals surface area contributed by atoms with Crippen molar-refractivity contribution in [2.45, 2.75) is 43.7 Å². The molecule has 3 aromatic rings. The highest BCUT2D eigenvalue weighted by Crippen LogP contribution is 2.40. The monoisotopic (exact) mass is 512 g/mol. The van der Waals surface area contributed by atoms with Gasteiger partial charge >= 0.3 is 0 Å². The lowest BCUT2D eigenvalue weighted by molar-refractivity contribution is -0.120. The first-order valence-corrected chi connectivity index (χ1v) is 12.9. The molecule has 3 aromatic carbocycles. The first-order valence-electron chi connectivity index (χ1n) is 11.5. The van der Waals surface area contributed by atoms with E-state index in [0.717, 1.165) is 21.5 Å². The van der Waals surface area contributed by atoms with E-state index in [-0.39, 0.29) is 10.6 Å². The summed E-state index contributed by atoms with van der Waals surface area (Å²) in [7, 11) is -2.81. The molecule has 1 unspecified atom stereocenters. The van der Waals surface area contributed by atoms with Gasteiger partial charge < -0.3 is 14.8 Å². The number of carbonyl (C=O) groups is 1. The van der Waals surface area contributed by atoms with Crippen LogP contribution in [0.25, 0.3) is 0 Å². The topological polar surface area (TPSA) is 84.9 Å². The van der Waals surface area contributed by atoms with Crippen molar-refractivity contribution in [2.75, 3.05) is 18.0 Å². The largest absolute Gasteiger partial charge is 0.497 e. The number of hydrogen-bond acceptors (Lipinski definition) is 5. The maximum atomic E-state index is 14.8. The summed E-state index contributed by atoms with van der Waals surface area (Å²) in [6.07, 6.45) is 0.486. The molecule has 0 fully saturated rings. The van der Waals surface area contributed by atoms with Gasteiger partial charge in [0, 0.05) is 12.0 Å². The zero-order valence-electron chi connectivity index (χ0n) is 20.6. The van der Waals surface area contributed by atoms with E-state index >= 15 is 0 Å². The molecule has 0 saturated carbocycles. The number of amides is 1. The molecule has 0 aliphatic carbocycles. The van der Waals surface area contributed by atoms with Crippen LogP contribution in [0.15, 0.2) is 71.6 Å². The lowest BCUT2D eigenvalue weighted by atomic mass is 9.89. The third kappa shape index (κ3) is 5.31. The number of carbonyl (C=O) groups excluding carboxylic acids is 1. The number of halogens is 1. The predicted molar refractivity (Wildman–Crippen MR) is 135 cm³/mol. The van der Waals surface area contributed by atoms with Gasteiger partial charge in [-0.1, -0.05) is 24.3 Å². The molecule has 0 spiro atoms. The molecule has 1 aliphatic heterocycles. The molecule has 0 aromatic heterocycles. The second kappa shape index (κ2) is 9.81. The van der Waals surface area contributed by atoms with E-state index in [0.29, 0.717) is 17.9 Å². The van der Waals surface area contributed by atoms with Gasteiger partial charge in [-0.05, 0) is 68.8 Å². The SMILES string of the molecule is COc1ccc(S(=O)(=O)N(CC(=O)NC2CC(C)(C)Oc3cc(C)ccc32)c2ccccc2F)cc1. The van der Waals surface area contributed by atoms with E-state index in [1.54, 1.807) is 0 Å². The van der Waals surface area contributed by atoms with Crippen LogP contribution in [0.2, 0.25) is 0 Å². The number of sulfonamides is 1. The van der Waals surface area contributed by atoms with Gasteiger partial charge in [0.05, 0.1) is 23.7 Å². The van der Waals surface area contributed by atoms with Crippen LogP contribution < -0.4 is 19.1 Å². The van der Waals surface area contributed by atoms with Crippen LogP contribution in [-0.4, -0.2) is 33.6 Å². The molecule has 7 nitrogen and oxygen atoms in total. The number of methoxy groups -OCH3 is 1. The van der Waals surface area contributed by atoms with Crippen LogP contribution in [-0.2, 0) is 14.8 Å². The Labute approximate surface area is 210 Å². The van der Waals surface area contributed by atoms with Gasteiger partial charge in [0.1, 0.15) is 29.5 Å². The molecule has 1 aliphatic rings. The quantitative estimate of drug-likeness (QED) is 0.494. The molecule has 0 saturated heterocycles. The lowest BCUT2D eigenvalue weighted by Gasteiger charge is -2.38. The third-order valence-corrected chi connectivity index (χ3v) is 7.79. The third-order valence-electron chi connectivity index (χ3n) is 6.02. The predicted octanol–water partition coefficient (Wildman–Crippen LogP) is 4.76. The molecular formula is C27H29FN2O5S. The van der Waals surface area contributed by atoms with E-state index in [9.17, 15) is 17.6 Å². The number of anilines is 1. The van der Waals surface area contributed by atoms with Crippen molar-refractivity contribution < 1.29 is 27.1 Å². The highest BCUT2D eigenvalue weighted by Gasteiger charge is 2.36. The number of nitrogens with zero attached hydrogens (tertiary/aromatic N) is 1. The smallest absolute Gasteiger partial charge is 0.264 e. The summed E-state index contributed by atoms with van der Waals surface area (Å²) in [5.41, 5.74) is 1.07. The Balaban J connectivity index is 1.66. The summed E-state index contributed by atoms with van der Waals surface area (Å²) >= 11 is 0. The second-order valence-electron chi connectivity index (χ2n) is 9.37. The standard InChI is InChI=1S/C27H29FN2O5S/c1-18-9-14-21-23(16-27(2,3)35-25(21)15-18)29-26(31)17-30(24-8-6-5-7-22(24)28)36(32,33)20-12-10-19(34-4)11-13-20/h5-15,23H,16-17H2,1-4H3,(H,29,31). The summed E-state index contributed by atoms with van der Waals surface area (Å²) in [6.45, 7) is 5.21. The van der Waals surface area contributed by atoms with E-state index in [1.165, 1.54) is 49.6 Å². The van der Waals surface area contributed by atoms with Gasteiger partial charge in [-0.15, -0.1) is 0 Å². The number of hydrogen-bond donors (Lipinski definition) is 1. The lowest BCUT2D eigenvalue weighted by Crippen LogP contribution is -2.45. The maximum absolute atomic E-state index is 14.8. The Bertz CT molecular complexity index is 1370. The highest BCUT2D eigenvalue weighted by molar-refractivity contribution is 7.92. The van der Waals surface area contributed by atoms with Crippen LogP contribution in [0, 0.1) is 12.7 Å². The number of ether oxygens (including phenoxy) is 2. The van der Waals surface area contributed by atoms with E-state index in [4.69, 9.17) is 9.47 Å². The zero-order chi connectivity index (χ0) is 26.1. The fraction of sp³-hybridized carbons (Fsp3) is 0.296. The summed E-state index contributed by atoms with van der Waals surface area (Å²) in [5.74, 6) is -0.173. The number of fused-ring (bicyclic) bond motifs is 1. The number of aryl methyl sites for hydroxylation is 1. The summed E-state index contributed by atoms with van der Waals surface area (Å²) in [4.78, 5) is 13.2. The summed E-state index contributed by atoms with van der Waals surface area (Å²) < 4.78 is 53.9. The fourth-order valence-electron chi connectivity index (χ4n) is 4.29. The zero-order valence-corrected chi connectivity index (χ0v) is 21.4. The Morgan fingerprint density at radius 2 is 1.83 bits per heavy atom. The van der Waals surface area contributed by atoms with Crippen LogP contribution in [0.5, 0.6) is 11.5 Å². The summed E-state index contributed by atoms with van der Waals surface area (Å²) in [6, 6.07) is 16.5. The molecule has 0 bridgehead atoms. The first-order chi connectivity index (χ1) is 17.0. The average molecular weight is 513 g/mol. The first kappa shape index (κ1) is 25.5. The molecule has 36 heavy (non-hydrogen) atoms. The van der Waals surface area contributed by atoms with Crippen LogP contribution >= 0.6 is 0 Å². The van der Waals surface area contributed by atoms with Crippen molar-refractivity contribution >= 4 is 21.6 Å². The van der Waals surface area contributed by atoms with Crippen molar-refractivity contribution in [3.05, 3.63) is 83.7 Å². The number of nitrogens with one attached hydrogen (secondary N) is 1. The normalized spacial score (nSPS) is 16.4. The Kier molecular flexibility index (Phi) is 6.95. The molecule has 1 N–H and O–H groups in total. The van der Waals surface area contributed by atoms with Gasteiger partial charge in [0.25, 0.3) is 10.0 Å². The van der Waals surface area contributed by atoms with Crippen LogP contribution in [0.4, 0.5) is 10.1 Å². The van der Waals surface area contributed by atoms with Gasteiger partial charge in [0.15, 0.2) is 0 Å². The maximum Gasteiger partial charge on any atom is 0.264 e. The molecular weight excluding hydrogens is 483 g/mol. The van der Waals surface area contributed by atoms with E-state index in [2.05, 4.69) is 5.32 Å². The molecule has 0 radical (unpaired) electrons. The fourth-order valence-corrected chi connectivity index (χ4v) is 5.72. The minimum absolute atomic E-state index is 0.0904. The Morgan fingerprint density at radius 1 is 1.14 bits per heavy atom. The molecule has 9 heteroatoms. The second-order valence-corrected chi connectivity index (χ2v) is 11.2. The molecule has 4 rings (SSSR count).